The van der Waals surface area contributed by atoms with Gasteiger partial charge in [0.25, 0.3) is 0 Å². The highest BCUT2D eigenvalue weighted by Crippen LogP contribution is 2.44. The summed E-state index contributed by atoms with van der Waals surface area (Å²) in [6.07, 6.45) is 25.8. The van der Waals surface area contributed by atoms with Gasteiger partial charge < -0.3 is 43.3 Å². The number of rotatable bonds is 5. The van der Waals surface area contributed by atoms with Gasteiger partial charge in [0.2, 0.25) is 5.91 Å². The average molecular weight is 1560 g/mol. The van der Waals surface area contributed by atoms with Gasteiger partial charge in [-0.3, -0.25) is 4.79 Å². The van der Waals surface area contributed by atoms with Crippen molar-refractivity contribution in [3.63, 3.8) is 0 Å². The first-order valence-corrected chi connectivity index (χ1v) is 40.9. The highest BCUT2D eigenvalue weighted by molar-refractivity contribution is 5.74. The van der Waals surface area contributed by atoms with E-state index in [-0.39, 0.29) is 79.3 Å². The van der Waals surface area contributed by atoms with Gasteiger partial charge in [-0.1, -0.05) is 71.2 Å². The Kier molecular flexibility index (Phi) is 45.8. The Balaban J connectivity index is 0. The highest BCUT2D eigenvalue weighted by Gasteiger charge is 2.34. The molecule has 25 nitrogen and oxygen atoms in total. The van der Waals surface area contributed by atoms with Crippen LogP contribution in [0.4, 0.5) is 4.79 Å². The van der Waals surface area contributed by atoms with Crippen LogP contribution in [0.1, 0.15) is 338 Å². The van der Waals surface area contributed by atoms with Gasteiger partial charge >= 0.3 is 11.7 Å². The third-order valence-electron chi connectivity index (χ3n) is 17.8. The van der Waals surface area contributed by atoms with E-state index in [9.17, 15) is 14.4 Å². The minimum absolute atomic E-state index is 0.0155. The largest absolute Gasteiger partial charge is 0.379 e. The lowest BCUT2D eigenvalue weighted by Gasteiger charge is -2.37. The summed E-state index contributed by atoms with van der Waals surface area (Å²) in [4.78, 5) is 44.9. The van der Waals surface area contributed by atoms with Gasteiger partial charge in [0.05, 0.1) is 88.1 Å². The molecule has 2 saturated heterocycles. The van der Waals surface area contributed by atoms with Crippen molar-refractivity contribution in [1.82, 2.24) is 69.4 Å². The van der Waals surface area contributed by atoms with Crippen molar-refractivity contribution < 1.29 is 33.3 Å². The first-order chi connectivity index (χ1) is 49.5. The number of carbonyl (C=O) groups is 2. The fraction of sp³-hybridized carbons (Fsp3) is 0.906. The van der Waals surface area contributed by atoms with E-state index in [1.807, 2.05) is 98.9 Å². The summed E-state index contributed by atoms with van der Waals surface area (Å²) in [6.45, 7) is 81.2. The topological polar surface area (TPSA) is 244 Å². The molecule has 6 heterocycles. The SMILES string of the molecule is CC(=O)N(C)C(C)(C)C.CC(C)(C)C1CC1.CC(C)(C)C1N=CN=N1.CC(C)(C)OC1CCC1.CC(C)(C)OC1CCCCC1.CC(C)(C)OC1CCOC1.CC(C)(C)n1ccnn1.CC(C)N1CCC(OC(C)(C)C)CC1.CN(C)C(=O)N(C)C(C)(C)C.Cc1cnnn1C(C)(C)C.Cn1nnn(C(C)(C)C)c1=O. The van der Waals surface area contributed by atoms with Crippen LogP contribution in [0.5, 0.6) is 0 Å². The van der Waals surface area contributed by atoms with Crippen LogP contribution in [0.2, 0.25) is 0 Å². The molecule has 110 heavy (non-hydrogen) atoms. The van der Waals surface area contributed by atoms with E-state index >= 15 is 0 Å². The number of urea groups is 1. The fourth-order valence-corrected chi connectivity index (χ4v) is 10.7. The van der Waals surface area contributed by atoms with Gasteiger partial charge in [0.1, 0.15) is 6.34 Å². The molecule has 2 atom stereocenters. The molecule has 3 aliphatic heterocycles. The molecule has 0 bridgehead atoms. The molecule has 25 heteroatoms. The molecule has 0 N–H and O–H groups in total. The van der Waals surface area contributed by atoms with Gasteiger partial charge in [-0.2, -0.15) is 14.5 Å². The maximum atomic E-state index is 11.3. The average Bonchev–Trinajstić information content (AvgIpc) is 1.69. The molecule has 3 aliphatic carbocycles. The van der Waals surface area contributed by atoms with E-state index in [0.29, 0.717) is 35.9 Å². The Bertz CT molecular complexity index is 3020. The van der Waals surface area contributed by atoms with Crippen molar-refractivity contribution in [1.29, 1.82) is 0 Å². The van der Waals surface area contributed by atoms with Crippen molar-refractivity contribution >= 4 is 18.3 Å². The molecule has 2 unspecified atom stereocenters. The van der Waals surface area contributed by atoms with E-state index < -0.39 is 0 Å². The van der Waals surface area contributed by atoms with E-state index in [2.05, 4.69) is 231 Å². The number of azo groups is 1. The lowest BCUT2D eigenvalue weighted by Crippen LogP contribution is -2.47. The van der Waals surface area contributed by atoms with Crippen molar-refractivity contribution in [2.75, 3.05) is 54.5 Å². The van der Waals surface area contributed by atoms with Crippen molar-refractivity contribution in [2.45, 2.75) is 426 Å². The van der Waals surface area contributed by atoms with Crippen molar-refractivity contribution in [3.8, 4) is 0 Å². The third kappa shape index (κ3) is 51.6. The van der Waals surface area contributed by atoms with Crippen molar-refractivity contribution in [2.24, 2.45) is 39.0 Å². The van der Waals surface area contributed by atoms with Crippen LogP contribution in [0.3, 0.4) is 0 Å². The lowest BCUT2D eigenvalue weighted by atomic mass is 9.91. The number of aromatic nitrogens is 10. The minimum Gasteiger partial charge on any atom is -0.379 e. The second-order valence-electron chi connectivity index (χ2n) is 41.5. The van der Waals surface area contributed by atoms with E-state index in [1.54, 1.807) is 55.2 Å². The van der Waals surface area contributed by atoms with Gasteiger partial charge in [0, 0.05) is 90.6 Å². The Hall–Kier alpha value is -5.08. The molecule has 3 aromatic heterocycles. The minimum atomic E-state index is -0.286. The number of tetrazole rings is 1. The summed E-state index contributed by atoms with van der Waals surface area (Å²) in [5.41, 5.74) is 1.49. The molecular formula is C85H171N17O8. The second-order valence-corrected chi connectivity index (χ2v) is 41.5. The quantitative estimate of drug-likeness (QED) is 0.230. The monoisotopic (exact) mass is 1560 g/mol. The van der Waals surface area contributed by atoms with Crippen LogP contribution in [0.25, 0.3) is 0 Å². The number of carbonyl (C=O) groups excluding carboxylic acids is 2. The maximum Gasteiger partial charge on any atom is 0.363 e. The molecule has 3 amide bonds. The molecule has 0 spiro atoms. The van der Waals surface area contributed by atoms with Crippen molar-refractivity contribution in [3.05, 3.63) is 34.8 Å². The van der Waals surface area contributed by atoms with Crippen LogP contribution in [-0.4, -0.2) is 212 Å². The van der Waals surface area contributed by atoms with E-state index in [4.69, 9.17) is 23.7 Å². The Morgan fingerprint density at radius 2 is 0.945 bits per heavy atom. The zero-order valence-corrected chi connectivity index (χ0v) is 78.7. The van der Waals surface area contributed by atoms with E-state index in [0.717, 1.165) is 31.2 Å². The summed E-state index contributed by atoms with van der Waals surface area (Å²) in [5, 5.41) is 30.2. The second kappa shape index (κ2) is 47.1. The number of aryl methyl sites for hydroxylation is 2. The van der Waals surface area contributed by atoms with Crippen LogP contribution in [0.15, 0.2) is 38.6 Å². The predicted octanol–water partition coefficient (Wildman–Crippen LogP) is 18.8. The van der Waals surface area contributed by atoms with Crippen LogP contribution >= 0.6 is 0 Å². The number of amides is 3. The number of ether oxygens (including phenoxy) is 5. The molecule has 5 fully saturated rings. The number of hydrogen-bond acceptors (Lipinski definition) is 18. The smallest absolute Gasteiger partial charge is 0.363 e. The summed E-state index contributed by atoms with van der Waals surface area (Å²) < 4.78 is 34.7. The summed E-state index contributed by atoms with van der Waals surface area (Å²) in [5.74, 6) is 1.16. The normalized spacial score (nSPS) is 18.1. The van der Waals surface area contributed by atoms with E-state index in [1.165, 1.54) is 106 Å². The molecule has 6 aliphatic rings. The Labute approximate surface area is 672 Å². The van der Waals surface area contributed by atoms with Gasteiger partial charge in [-0.25, -0.2) is 23.9 Å². The first kappa shape index (κ1) is 107. The Morgan fingerprint density at radius 1 is 0.509 bits per heavy atom. The predicted molar refractivity (Wildman–Crippen MR) is 455 cm³/mol. The number of piperidine rings is 1. The number of hydrogen-bond donors (Lipinski definition) is 0. The first-order valence-electron chi connectivity index (χ1n) is 40.9. The lowest BCUT2D eigenvalue weighted by molar-refractivity contribution is -0.131. The summed E-state index contributed by atoms with van der Waals surface area (Å²) in [7, 11) is 8.71. The number of likely N-dealkylation sites (tertiary alicyclic amines) is 1. The summed E-state index contributed by atoms with van der Waals surface area (Å²) >= 11 is 0. The fourth-order valence-electron chi connectivity index (χ4n) is 10.7. The molecule has 0 aromatic carbocycles. The molecule has 9 rings (SSSR count). The van der Waals surface area contributed by atoms with Crippen LogP contribution in [-0.2, 0) is 52.1 Å². The highest BCUT2D eigenvalue weighted by atomic mass is 16.6. The molecule has 0 radical (unpaired) electrons. The molecular weight excluding hydrogens is 1390 g/mol. The third-order valence-corrected chi connectivity index (χ3v) is 17.8. The van der Waals surface area contributed by atoms with Crippen LogP contribution in [0, 0.1) is 23.7 Å². The zero-order chi connectivity index (χ0) is 86.2. The molecule has 3 saturated carbocycles. The zero-order valence-electron chi connectivity index (χ0n) is 78.7. The summed E-state index contributed by atoms with van der Waals surface area (Å²) in [6, 6.07) is 0.725. The van der Waals surface area contributed by atoms with Gasteiger partial charge in [-0.15, -0.1) is 15.3 Å². The molecule has 644 valence electrons. The Morgan fingerprint density at radius 3 is 1.15 bits per heavy atom. The standard InChI is InChI=1S/C12H25NO.C10H20O.C8H18N2O.C8H16O2.C8H16O.C7H13N3.C7H15NO.C7H14.C6H12N4O.2C6H11N3/c1-10(2)13-8-6-11(7-9-13)14-12(3,4)5;1-10(2,3)11-9-7-5-4-6-8-9;1-8(2,3)10(6)7(11)9(4)5;1-8(2,3)10-7-4-5-9-6-7;1-8(2,3)9-7-5-4-6-7;1-6-5-8-9-10(6)7(2,3)4;1-6(9)8(5)7(2,3)4;1-7(2,3)6-4-5-6;1-6(2,3)10-5(11)9(4)7-8-10;1-6(2,3)5-7-4-8-9-5;1-6(2,3)9-5-4-7-8-9/h10-11H,6-9H2,1-5H3;9H,4-8H2,1-3H3;1-6H3;7H,4-6H2,1-3H3;7H,4-6H2,1-3H3;5H,1-4H3;1-5H3;6H,4-5H2,1-3H3;1-4H3;2*4-5H,1-3H3. The number of nitrogens with zero attached hydrogens (tertiary/aromatic N) is 17. The van der Waals surface area contributed by atoms with Gasteiger partial charge in [0.15, 0.2) is 6.17 Å². The van der Waals surface area contributed by atoms with Crippen LogP contribution < -0.4 is 5.69 Å². The maximum absolute atomic E-state index is 11.3. The van der Waals surface area contributed by atoms with Gasteiger partial charge in [-0.05, 0) is 294 Å². The molecule has 3 aromatic rings. The number of aliphatic imine (C=N–C) groups is 1.